The van der Waals surface area contributed by atoms with E-state index in [2.05, 4.69) is 82.2 Å². The Balaban J connectivity index is 2.46. The standard InChI is InChI=1S/C100H196N4O8/c1-10-17-23-29-37-49-68-93(67-47-25-19-12-3)90-109-97(105)76-57-45-61-82-103(88-89-104-84-63-64-85-104)83-62-46-58-77-98(106)110-91-94(69-50-38-30-24-18-11-2)70-51-42-41-48-66-92(16-7)71-65-75-96(74-54-28-22-15-6)112-100(108)79-56-40-34-32-36-44-60-81-102(87-86-101(8)9)80-59-43-35-31-33-39-55-78-99(107)111-95(72-52-26-20-13-4)73-53-27-21-14-5/h92-96H,10-91H2,1-9H3. The molecule has 1 aliphatic rings. The summed E-state index contributed by atoms with van der Waals surface area (Å²) >= 11 is 0. The molecule has 0 amide bonds. The van der Waals surface area contributed by atoms with Gasteiger partial charge in [0.1, 0.15) is 12.2 Å². The van der Waals surface area contributed by atoms with Gasteiger partial charge in [0.25, 0.3) is 0 Å². The molecule has 1 fully saturated rings. The van der Waals surface area contributed by atoms with E-state index in [1.54, 1.807) is 0 Å². The molecule has 0 spiro atoms. The second-order valence-electron chi connectivity index (χ2n) is 36.1. The topological polar surface area (TPSA) is 118 Å². The molecule has 0 N–H and O–H groups in total. The van der Waals surface area contributed by atoms with Crippen molar-refractivity contribution >= 4 is 23.9 Å². The van der Waals surface area contributed by atoms with E-state index in [1.807, 2.05) is 0 Å². The second-order valence-corrected chi connectivity index (χ2v) is 36.1. The third-order valence-corrected chi connectivity index (χ3v) is 25.0. The lowest BCUT2D eigenvalue weighted by molar-refractivity contribution is -0.151. The van der Waals surface area contributed by atoms with Gasteiger partial charge in [-0.2, -0.15) is 0 Å². The molecule has 0 aromatic heterocycles. The second kappa shape index (κ2) is 83.8. The van der Waals surface area contributed by atoms with Gasteiger partial charge in [-0.15, -0.1) is 0 Å². The molecule has 1 heterocycles. The van der Waals surface area contributed by atoms with E-state index in [-0.39, 0.29) is 36.1 Å². The number of ether oxygens (including phenoxy) is 4. The number of esters is 4. The molecule has 1 saturated heterocycles. The molecule has 12 heteroatoms. The number of carbonyl (C=O) groups excluding carboxylic acids is 4. The molecule has 0 radical (unpaired) electrons. The summed E-state index contributed by atoms with van der Waals surface area (Å²) in [5.41, 5.74) is 0. The van der Waals surface area contributed by atoms with Crippen LogP contribution in [0.1, 0.15) is 498 Å². The zero-order valence-electron chi connectivity index (χ0n) is 76.9. The van der Waals surface area contributed by atoms with Crippen LogP contribution in [0.3, 0.4) is 0 Å². The van der Waals surface area contributed by atoms with E-state index >= 15 is 0 Å². The van der Waals surface area contributed by atoms with Crippen molar-refractivity contribution in [3.8, 4) is 0 Å². The fraction of sp³-hybridized carbons (Fsp3) is 0.960. The van der Waals surface area contributed by atoms with Crippen molar-refractivity contribution in [1.82, 2.24) is 19.6 Å². The third-order valence-electron chi connectivity index (χ3n) is 25.0. The molecular formula is C100H196N4O8. The molecule has 1 rings (SSSR count). The van der Waals surface area contributed by atoms with Crippen LogP contribution in [0.4, 0.5) is 0 Å². The fourth-order valence-corrected chi connectivity index (χ4v) is 17.1. The molecule has 4 atom stereocenters. The monoisotopic (exact) mass is 1580 g/mol. The van der Waals surface area contributed by atoms with Crippen molar-refractivity contribution in [2.24, 2.45) is 17.8 Å². The highest BCUT2D eigenvalue weighted by molar-refractivity contribution is 5.70. The summed E-state index contributed by atoms with van der Waals surface area (Å²) in [6, 6.07) is 0. The van der Waals surface area contributed by atoms with E-state index in [0.29, 0.717) is 50.7 Å². The van der Waals surface area contributed by atoms with Gasteiger partial charge in [-0.05, 0) is 212 Å². The van der Waals surface area contributed by atoms with Gasteiger partial charge in [0.05, 0.1) is 13.2 Å². The maximum atomic E-state index is 13.3. The highest BCUT2D eigenvalue weighted by Crippen LogP contribution is 2.27. The van der Waals surface area contributed by atoms with Crippen molar-refractivity contribution in [2.45, 2.75) is 510 Å². The summed E-state index contributed by atoms with van der Waals surface area (Å²) < 4.78 is 24.3. The van der Waals surface area contributed by atoms with Crippen LogP contribution in [0.15, 0.2) is 0 Å². The largest absolute Gasteiger partial charge is 0.465 e. The molecule has 12 nitrogen and oxygen atoms in total. The first-order valence-corrected chi connectivity index (χ1v) is 50.4. The van der Waals surface area contributed by atoms with Crippen molar-refractivity contribution < 1.29 is 38.1 Å². The number of likely N-dealkylation sites (tertiary alicyclic amines) is 1. The Hall–Kier alpha value is -2.28. The maximum absolute atomic E-state index is 13.3. The summed E-state index contributed by atoms with van der Waals surface area (Å²) in [5.74, 6) is 1.80. The molecule has 0 aromatic carbocycles. The molecule has 4 unspecified atom stereocenters. The van der Waals surface area contributed by atoms with Gasteiger partial charge in [0.15, 0.2) is 0 Å². The van der Waals surface area contributed by atoms with Crippen LogP contribution >= 0.6 is 0 Å². The average Bonchev–Trinajstić information content (AvgIpc) is 1.72. The maximum Gasteiger partial charge on any atom is 0.306 e. The Morgan fingerprint density at radius 1 is 0.268 bits per heavy atom. The predicted molar refractivity (Wildman–Crippen MR) is 483 cm³/mol. The minimum absolute atomic E-state index is 0.000463. The van der Waals surface area contributed by atoms with Crippen LogP contribution in [0.2, 0.25) is 0 Å². The van der Waals surface area contributed by atoms with Gasteiger partial charge >= 0.3 is 23.9 Å². The van der Waals surface area contributed by atoms with E-state index in [9.17, 15) is 19.2 Å². The van der Waals surface area contributed by atoms with Crippen molar-refractivity contribution in [2.75, 3.05) is 92.8 Å². The van der Waals surface area contributed by atoms with E-state index in [1.165, 1.54) is 341 Å². The van der Waals surface area contributed by atoms with E-state index in [4.69, 9.17) is 18.9 Å². The first-order chi connectivity index (χ1) is 54.9. The average molecular weight is 1580 g/mol. The van der Waals surface area contributed by atoms with Gasteiger partial charge in [0.2, 0.25) is 0 Å². The number of hydrogen-bond donors (Lipinski definition) is 0. The summed E-state index contributed by atoms with van der Waals surface area (Å²) in [6.45, 7) is 28.7. The summed E-state index contributed by atoms with van der Waals surface area (Å²) in [7, 11) is 4.38. The lowest BCUT2D eigenvalue weighted by Gasteiger charge is -2.25. The smallest absolute Gasteiger partial charge is 0.306 e. The minimum Gasteiger partial charge on any atom is -0.465 e. The number of carbonyl (C=O) groups is 4. The quantitative estimate of drug-likeness (QED) is 0.0328. The lowest BCUT2D eigenvalue weighted by atomic mass is 9.91. The van der Waals surface area contributed by atoms with Crippen molar-refractivity contribution in [1.29, 1.82) is 0 Å². The Bertz CT molecular complexity index is 1970. The van der Waals surface area contributed by atoms with Crippen molar-refractivity contribution in [3.63, 3.8) is 0 Å². The van der Waals surface area contributed by atoms with Crippen LogP contribution in [0, 0.1) is 17.8 Å². The molecular weight excluding hydrogens is 1390 g/mol. The molecule has 0 aliphatic carbocycles. The zero-order valence-corrected chi connectivity index (χ0v) is 76.9. The molecule has 112 heavy (non-hydrogen) atoms. The molecule has 664 valence electrons. The van der Waals surface area contributed by atoms with Crippen LogP contribution in [0.5, 0.6) is 0 Å². The summed E-state index contributed by atoms with van der Waals surface area (Å²) in [6.07, 6.45) is 82.5. The zero-order chi connectivity index (χ0) is 81.3. The number of likely N-dealkylation sites (N-methyl/N-ethyl adjacent to an activating group) is 1. The third kappa shape index (κ3) is 72.9. The van der Waals surface area contributed by atoms with Gasteiger partial charge in [-0.1, -0.05) is 331 Å². The van der Waals surface area contributed by atoms with Crippen LogP contribution in [0.25, 0.3) is 0 Å². The molecule has 0 saturated carbocycles. The number of unbranched alkanes of at least 4 members (excludes halogenated alkanes) is 41. The summed E-state index contributed by atoms with van der Waals surface area (Å²) in [4.78, 5) is 62.6. The Morgan fingerprint density at radius 3 is 0.866 bits per heavy atom. The number of rotatable bonds is 90. The Labute approximate surface area is 698 Å². The highest BCUT2D eigenvalue weighted by atomic mass is 16.6. The van der Waals surface area contributed by atoms with Gasteiger partial charge in [-0.3, -0.25) is 19.2 Å². The van der Waals surface area contributed by atoms with Crippen molar-refractivity contribution in [3.05, 3.63) is 0 Å². The minimum atomic E-state index is -0.000463. The normalized spacial score (nSPS) is 13.8. The number of nitrogens with zero attached hydrogens (tertiary/aromatic N) is 4. The molecule has 0 bridgehead atoms. The first-order valence-electron chi connectivity index (χ1n) is 50.4. The molecule has 0 aromatic rings. The van der Waals surface area contributed by atoms with E-state index in [0.717, 1.165) is 154 Å². The van der Waals surface area contributed by atoms with Crippen LogP contribution in [-0.4, -0.2) is 148 Å². The van der Waals surface area contributed by atoms with Gasteiger partial charge in [-0.25, -0.2) is 0 Å². The fourth-order valence-electron chi connectivity index (χ4n) is 17.1. The Kier molecular flexibility index (Phi) is 80.6. The predicted octanol–water partition coefficient (Wildman–Crippen LogP) is 28.7. The Morgan fingerprint density at radius 2 is 0.527 bits per heavy atom. The van der Waals surface area contributed by atoms with Crippen LogP contribution < -0.4 is 0 Å². The van der Waals surface area contributed by atoms with Gasteiger partial charge < -0.3 is 38.5 Å². The molecule has 1 aliphatic heterocycles. The first kappa shape index (κ1) is 108. The van der Waals surface area contributed by atoms with E-state index < -0.39 is 0 Å². The lowest BCUT2D eigenvalue weighted by Crippen LogP contribution is -2.35. The van der Waals surface area contributed by atoms with Gasteiger partial charge in [0, 0.05) is 51.9 Å². The van der Waals surface area contributed by atoms with Crippen LogP contribution in [-0.2, 0) is 38.1 Å². The SMILES string of the molecule is CCCCCCCCC(CCCCCC)COC(=O)CCCCCN(CCCCCC(=O)OCC(CCCCCCCC)CCCCCCC(CC)CCCC(CCCCCC)OC(=O)CCCCCCCCCN(CCCCCCCCCC(=O)OC(CCCCCC)CCCCCC)CCN(C)C)CCN1CCCC1. The highest BCUT2D eigenvalue weighted by Gasteiger charge is 2.21. The number of hydrogen-bond acceptors (Lipinski definition) is 12. The summed E-state index contributed by atoms with van der Waals surface area (Å²) in [5, 5.41) is 0.